The molecule has 1 aromatic rings. The van der Waals surface area contributed by atoms with Crippen LogP contribution in [0.2, 0.25) is 0 Å². The number of rotatable bonds is 1. The molecule has 0 fully saturated rings. The van der Waals surface area contributed by atoms with Crippen molar-refractivity contribution in [3.63, 3.8) is 0 Å². The molecule has 1 rings (SSSR count). The molecule has 3 heteroatoms. The van der Waals surface area contributed by atoms with E-state index < -0.39 is 0 Å². The van der Waals surface area contributed by atoms with Gasteiger partial charge in [-0.1, -0.05) is 0 Å². The van der Waals surface area contributed by atoms with Crippen LogP contribution < -0.4 is 9.47 Å². The lowest BCUT2D eigenvalue weighted by atomic mass is 9.95. The molecule has 3 nitrogen and oxygen atoms in total. The normalized spacial score (nSPS) is 11.3. The van der Waals surface area contributed by atoms with Crippen molar-refractivity contribution in [3.05, 3.63) is 24.5 Å². The third-order valence-corrected chi connectivity index (χ3v) is 2.20. The van der Waals surface area contributed by atoms with Crippen LogP contribution in [-0.2, 0) is 0 Å². The molecule has 15 heavy (non-hydrogen) atoms. The van der Waals surface area contributed by atoms with Gasteiger partial charge in [0.05, 0.1) is 5.41 Å². The number of carbonyl (C=O) groups is 1. The third-order valence-electron chi connectivity index (χ3n) is 2.20. The average Bonchev–Trinajstić information content (AvgIpc) is 2.15. The lowest BCUT2D eigenvalue weighted by molar-refractivity contribution is -0.579. The Labute approximate surface area is 91.3 Å². The Morgan fingerprint density at radius 1 is 1.20 bits per heavy atom. The van der Waals surface area contributed by atoms with Crippen molar-refractivity contribution in [1.82, 2.24) is 0 Å². The SMILES string of the molecule is CN(C)c1cc[n+](C(=O)C(C)(C)C)cc1. The standard InChI is InChI=1S/C12H19N2O/c1-12(2,3)11(15)14-8-6-10(7-9-14)13(4)5/h6-9H,1-5H3/q+1. The van der Waals surface area contributed by atoms with Crippen molar-refractivity contribution in [3.8, 4) is 0 Å². The first-order valence-electron chi connectivity index (χ1n) is 5.06. The molecule has 0 saturated heterocycles. The fourth-order valence-corrected chi connectivity index (χ4v) is 1.24. The van der Waals surface area contributed by atoms with Crippen LogP contribution in [0.4, 0.5) is 5.69 Å². The summed E-state index contributed by atoms with van der Waals surface area (Å²) < 4.78 is 1.63. The lowest BCUT2D eigenvalue weighted by Crippen LogP contribution is -2.48. The fraction of sp³-hybridized carbons (Fsp3) is 0.500. The molecule has 0 amide bonds. The van der Waals surface area contributed by atoms with E-state index in [4.69, 9.17) is 0 Å². The van der Waals surface area contributed by atoms with Gasteiger partial charge in [-0.2, -0.15) is 0 Å². The molecule has 82 valence electrons. The van der Waals surface area contributed by atoms with Crippen LogP contribution in [0.25, 0.3) is 0 Å². The summed E-state index contributed by atoms with van der Waals surface area (Å²) in [5.74, 6) is 0.104. The lowest BCUT2D eigenvalue weighted by Gasteiger charge is -2.12. The fourth-order valence-electron chi connectivity index (χ4n) is 1.24. The van der Waals surface area contributed by atoms with E-state index in [1.54, 1.807) is 4.57 Å². The Morgan fingerprint density at radius 2 is 1.67 bits per heavy atom. The van der Waals surface area contributed by atoms with Gasteiger partial charge in [0.2, 0.25) is 0 Å². The van der Waals surface area contributed by atoms with E-state index in [1.807, 2.05) is 64.3 Å². The summed E-state index contributed by atoms with van der Waals surface area (Å²) in [7, 11) is 3.95. The molecule has 0 aliphatic carbocycles. The van der Waals surface area contributed by atoms with Crippen LogP contribution >= 0.6 is 0 Å². The summed E-state index contributed by atoms with van der Waals surface area (Å²) in [5, 5.41) is 0. The van der Waals surface area contributed by atoms with Crippen LogP contribution in [0, 0.1) is 5.41 Å². The molecule has 0 atom stereocenters. The molecule has 1 aromatic heterocycles. The number of anilines is 1. The van der Waals surface area contributed by atoms with Gasteiger partial charge in [0.1, 0.15) is 0 Å². The highest BCUT2D eigenvalue weighted by Crippen LogP contribution is 2.13. The number of nitrogens with zero attached hydrogens (tertiary/aromatic N) is 2. The highest BCUT2D eigenvalue weighted by Gasteiger charge is 2.30. The van der Waals surface area contributed by atoms with Crippen molar-refractivity contribution < 1.29 is 9.36 Å². The first-order chi connectivity index (χ1) is 6.82. The molecule has 0 bridgehead atoms. The van der Waals surface area contributed by atoms with E-state index in [0.29, 0.717) is 0 Å². The van der Waals surface area contributed by atoms with Gasteiger partial charge in [0.25, 0.3) is 0 Å². The second-order valence-corrected chi connectivity index (χ2v) is 4.91. The van der Waals surface area contributed by atoms with E-state index in [0.717, 1.165) is 5.69 Å². The van der Waals surface area contributed by atoms with Gasteiger partial charge in [-0.25, -0.2) is 4.79 Å². The summed E-state index contributed by atoms with van der Waals surface area (Å²) in [6, 6.07) is 3.87. The monoisotopic (exact) mass is 207 g/mol. The third kappa shape index (κ3) is 2.78. The first kappa shape index (κ1) is 11.7. The second-order valence-electron chi connectivity index (χ2n) is 4.91. The predicted molar refractivity (Wildman–Crippen MR) is 61.0 cm³/mol. The molecule has 0 N–H and O–H groups in total. The average molecular weight is 207 g/mol. The molecule has 0 radical (unpaired) electrons. The zero-order valence-corrected chi connectivity index (χ0v) is 10.1. The summed E-state index contributed by atoms with van der Waals surface area (Å²) in [6.07, 6.45) is 3.62. The zero-order valence-electron chi connectivity index (χ0n) is 10.1. The molecule has 1 heterocycles. The Hall–Kier alpha value is -1.38. The van der Waals surface area contributed by atoms with Crippen LogP contribution in [0.1, 0.15) is 25.6 Å². The number of hydrogen-bond donors (Lipinski definition) is 0. The molecule has 0 saturated carbocycles. The van der Waals surface area contributed by atoms with Gasteiger partial charge in [-0.05, 0) is 20.8 Å². The summed E-state index contributed by atoms with van der Waals surface area (Å²) in [6.45, 7) is 5.76. The highest BCUT2D eigenvalue weighted by molar-refractivity contribution is 5.72. The topological polar surface area (TPSA) is 24.2 Å². The van der Waals surface area contributed by atoms with E-state index in [-0.39, 0.29) is 11.3 Å². The predicted octanol–water partition coefficient (Wildman–Crippen LogP) is 1.73. The van der Waals surface area contributed by atoms with Crippen molar-refractivity contribution in [2.75, 3.05) is 19.0 Å². The van der Waals surface area contributed by atoms with Crippen molar-refractivity contribution in [2.45, 2.75) is 20.8 Å². The maximum absolute atomic E-state index is 11.9. The van der Waals surface area contributed by atoms with Crippen molar-refractivity contribution in [2.24, 2.45) is 5.41 Å². The van der Waals surface area contributed by atoms with Crippen molar-refractivity contribution >= 4 is 11.6 Å². The molecule has 0 aliphatic rings. The van der Waals surface area contributed by atoms with E-state index >= 15 is 0 Å². The first-order valence-corrected chi connectivity index (χ1v) is 5.06. The molecular formula is C12H19N2O+. The Kier molecular flexibility index (Phi) is 3.12. The maximum Gasteiger partial charge on any atom is 0.397 e. The minimum absolute atomic E-state index is 0.104. The Morgan fingerprint density at radius 3 is 2.00 bits per heavy atom. The maximum atomic E-state index is 11.9. The van der Waals surface area contributed by atoms with Crippen LogP contribution in [0.5, 0.6) is 0 Å². The number of carbonyl (C=O) groups excluding carboxylic acids is 1. The Balaban J connectivity index is 2.95. The number of pyridine rings is 1. The minimum Gasteiger partial charge on any atom is -0.377 e. The van der Waals surface area contributed by atoms with E-state index in [9.17, 15) is 4.79 Å². The summed E-state index contributed by atoms with van der Waals surface area (Å²) >= 11 is 0. The second kappa shape index (κ2) is 4.01. The van der Waals surface area contributed by atoms with Crippen molar-refractivity contribution in [1.29, 1.82) is 0 Å². The molecule has 0 spiro atoms. The summed E-state index contributed by atoms with van der Waals surface area (Å²) in [4.78, 5) is 13.9. The minimum atomic E-state index is -0.343. The van der Waals surface area contributed by atoms with E-state index in [1.165, 1.54) is 0 Å². The quantitative estimate of drug-likeness (QED) is 0.655. The molecular weight excluding hydrogens is 188 g/mol. The Bertz CT molecular complexity index is 347. The molecule has 0 unspecified atom stereocenters. The smallest absolute Gasteiger partial charge is 0.377 e. The highest BCUT2D eigenvalue weighted by atomic mass is 16.2. The summed E-state index contributed by atoms with van der Waals surface area (Å²) in [5.41, 5.74) is 0.748. The molecule has 0 aliphatic heterocycles. The van der Waals surface area contributed by atoms with Gasteiger partial charge in [0.15, 0.2) is 12.4 Å². The zero-order chi connectivity index (χ0) is 11.6. The van der Waals surface area contributed by atoms with Gasteiger partial charge in [0, 0.05) is 31.9 Å². The van der Waals surface area contributed by atoms with Gasteiger partial charge < -0.3 is 4.90 Å². The van der Waals surface area contributed by atoms with Crippen LogP contribution in [-0.4, -0.2) is 20.0 Å². The largest absolute Gasteiger partial charge is 0.397 e. The van der Waals surface area contributed by atoms with Gasteiger partial charge in [-0.15, -0.1) is 4.57 Å². The van der Waals surface area contributed by atoms with Gasteiger partial charge in [-0.3, -0.25) is 0 Å². The number of hydrogen-bond acceptors (Lipinski definition) is 2. The van der Waals surface area contributed by atoms with E-state index in [2.05, 4.69) is 0 Å². The van der Waals surface area contributed by atoms with Crippen LogP contribution in [0.15, 0.2) is 24.5 Å². The van der Waals surface area contributed by atoms with Gasteiger partial charge >= 0.3 is 5.91 Å². The number of aromatic nitrogens is 1. The molecule has 0 aromatic carbocycles. The van der Waals surface area contributed by atoms with Crippen LogP contribution in [0.3, 0.4) is 0 Å².